The van der Waals surface area contributed by atoms with Crippen LogP contribution in [0.5, 0.6) is 11.5 Å². The zero-order chi connectivity index (χ0) is 20.1. The van der Waals surface area contributed by atoms with Gasteiger partial charge in [0.05, 0.1) is 5.56 Å². The topological polar surface area (TPSA) is 54.5 Å². The van der Waals surface area contributed by atoms with Crippen molar-refractivity contribution in [1.29, 1.82) is 0 Å². The standard InChI is InChI=1S/C24H25N3O2/c1-18-10-12-21(29-20-8-4-2-5-9-20)16-22(18)26-24(28)19-11-13-23(25-17-19)27-14-6-3-7-15-27/h2,4-5,8-13,16-17H,3,6-7,14-15H2,1H3,(H,26,28). The summed E-state index contributed by atoms with van der Waals surface area (Å²) < 4.78 is 5.88. The molecule has 1 amide bonds. The number of piperidine rings is 1. The van der Waals surface area contributed by atoms with E-state index in [1.165, 1.54) is 19.3 Å². The van der Waals surface area contributed by atoms with E-state index in [2.05, 4.69) is 15.2 Å². The SMILES string of the molecule is Cc1ccc(Oc2ccccc2)cc1NC(=O)c1ccc(N2CCCCC2)nc1. The molecule has 1 saturated heterocycles. The van der Waals surface area contributed by atoms with E-state index in [4.69, 9.17) is 4.74 Å². The highest BCUT2D eigenvalue weighted by Crippen LogP contribution is 2.27. The van der Waals surface area contributed by atoms with Gasteiger partial charge in [-0.1, -0.05) is 24.3 Å². The zero-order valence-electron chi connectivity index (χ0n) is 16.6. The van der Waals surface area contributed by atoms with Crippen molar-refractivity contribution >= 4 is 17.4 Å². The molecule has 0 atom stereocenters. The zero-order valence-corrected chi connectivity index (χ0v) is 16.6. The molecule has 4 rings (SSSR count). The van der Waals surface area contributed by atoms with Crippen LogP contribution in [0.15, 0.2) is 66.9 Å². The summed E-state index contributed by atoms with van der Waals surface area (Å²) in [6.45, 7) is 4.03. The number of nitrogens with one attached hydrogen (secondary N) is 1. The van der Waals surface area contributed by atoms with Crippen LogP contribution in [0.4, 0.5) is 11.5 Å². The van der Waals surface area contributed by atoms with Gasteiger partial charge >= 0.3 is 0 Å². The van der Waals surface area contributed by atoms with Crippen LogP contribution in [-0.2, 0) is 0 Å². The minimum atomic E-state index is -0.178. The maximum Gasteiger partial charge on any atom is 0.257 e. The van der Waals surface area contributed by atoms with Crippen molar-refractivity contribution < 1.29 is 9.53 Å². The second-order valence-corrected chi connectivity index (χ2v) is 7.30. The molecule has 1 aliphatic heterocycles. The van der Waals surface area contributed by atoms with Gasteiger partial charge in [-0.05, 0) is 62.1 Å². The second kappa shape index (κ2) is 8.78. The number of carbonyl (C=O) groups is 1. The molecule has 0 spiro atoms. The minimum Gasteiger partial charge on any atom is -0.457 e. The predicted octanol–water partition coefficient (Wildman–Crippen LogP) is 5.42. The molecule has 5 nitrogen and oxygen atoms in total. The van der Waals surface area contributed by atoms with Gasteiger partial charge in [0.25, 0.3) is 5.91 Å². The number of hydrogen-bond donors (Lipinski definition) is 1. The van der Waals surface area contributed by atoms with Crippen LogP contribution < -0.4 is 15.0 Å². The number of ether oxygens (including phenoxy) is 1. The number of aromatic nitrogens is 1. The van der Waals surface area contributed by atoms with Gasteiger partial charge in [-0.25, -0.2) is 4.98 Å². The highest BCUT2D eigenvalue weighted by molar-refractivity contribution is 6.04. The maximum absolute atomic E-state index is 12.7. The molecule has 0 bridgehead atoms. The van der Waals surface area contributed by atoms with Crippen molar-refractivity contribution in [3.63, 3.8) is 0 Å². The van der Waals surface area contributed by atoms with Crippen LogP contribution in [0.1, 0.15) is 35.2 Å². The summed E-state index contributed by atoms with van der Waals surface area (Å²) in [7, 11) is 0. The summed E-state index contributed by atoms with van der Waals surface area (Å²) in [5.41, 5.74) is 2.24. The van der Waals surface area contributed by atoms with Crippen molar-refractivity contribution in [3.05, 3.63) is 78.0 Å². The van der Waals surface area contributed by atoms with Gasteiger partial charge in [0.15, 0.2) is 0 Å². The molecule has 1 aliphatic rings. The Morgan fingerprint density at radius 2 is 1.76 bits per heavy atom. The highest BCUT2D eigenvalue weighted by atomic mass is 16.5. The molecular weight excluding hydrogens is 362 g/mol. The highest BCUT2D eigenvalue weighted by Gasteiger charge is 2.14. The second-order valence-electron chi connectivity index (χ2n) is 7.30. The predicted molar refractivity (Wildman–Crippen MR) is 116 cm³/mol. The Morgan fingerprint density at radius 1 is 0.966 bits per heavy atom. The number of rotatable bonds is 5. The Bertz CT molecular complexity index is 965. The fourth-order valence-electron chi connectivity index (χ4n) is 3.45. The number of para-hydroxylation sites is 1. The minimum absolute atomic E-state index is 0.178. The summed E-state index contributed by atoms with van der Waals surface area (Å²) in [6.07, 6.45) is 5.33. The van der Waals surface area contributed by atoms with Crippen LogP contribution in [0.3, 0.4) is 0 Å². The van der Waals surface area contributed by atoms with Crippen LogP contribution in [0.2, 0.25) is 0 Å². The molecule has 5 heteroatoms. The molecule has 148 valence electrons. The van der Waals surface area contributed by atoms with Crippen LogP contribution in [-0.4, -0.2) is 24.0 Å². The van der Waals surface area contributed by atoms with E-state index in [0.717, 1.165) is 35.9 Å². The van der Waals surface area contributed by atoms with E-state index in [-0.39, 0.29) is 5.91 Å². The first kappa shape index (κ1) is 19.0. The Morgan fingerprint density at radius 3 is 2.48 bits per heavy atom. The lowest BCUT2D eigenvalue weighted by atomic mass is 10.1. The van der Waals surface area contributed by atoms with Gasteiger partial charge < -0.3 is 15.0 Å². The van der Waals surface area contributed by atoms with Crippen molar-refractivity contribution in [2.45, 2.75) is 26.2 Å². The van der Waals surface area contributed by atoms with Crippen molar-refractivity contribution in [2.75, 3.05) is 23.3 Å². The molecule has 0 aliphatic carbocycles. The fraction of sp³-hybridized carbons (Fsp3) is 0.250. The van der Waals surface area contributed by atoms with Gasteiger partial charge in [-0.2, -0.15) is 0 Å². The van der Waals surface area contributed by atoms with Crippen molar-refractivity contribution in [2.24, 2.45) is 0 Å². The summed E-state index contributed by atoms with van der Waals surface area (Å²) in [5, 5.41) is 2.98. The monoisotopic (exact) mass is 387 g/mol. The summed E-state index contributed by atoms with van der Waals surface area (Å²) >= 11 is 0. The van der Waals surface area contributed by atoms with E-state index in [9.17, 15) is 4.79 Å². The first-order chi connectivity index (χ1) is 14.2. The lowest BCUT2D eigenvalue weighted by Crippen LogP contribution is -2.30. The molecular formula is C24H25N3O2. The quantitative estimate of drug-likeness (QED) is 0.635. The Balaban J connectivity index is 1.45. The summed E-state index contributed by atoms with van der Waals surface area (Å²) in [4.78, 5) is 19.5. The summed E-state index contributed by atoms with van der Waals surface area (Å²) in [6, 6.07) is 19.0. The van der Waals surface area contributed by atoms with E-state index in [1.807, 2.05) is 67.6 Å². The third kappa shape index (κ3) is 4.74. The first-order valence-electron chi connectivity index (χ1n) is 10.0. The Kier molecular flexibility index (Phi) is 5.75. The molecule has 0 radical (unpaired) electrons. The fourth-order valence-corrected chi connectivity index (χ4v) is 3.45. The number of anilines is 2. The number of nitrogens with zero attached hydrogens (tertiary/aromatic N) is 2. The number of carbonyl (C=O) groups excluding carboxylic acids is 1. The number of aryl methyl sites for hydroxylation is 1. The van der Waals surface area contributed by atoms with Crippen LogP contribution in [0.25, 0.3) is 0 Å². The summed E-state index contributed by atoms with van der Waals surface area (Å²) in [5.74, 6) is 2.19. The third-order valence-corrected chi connectivity index (χ3v) is 5.13. The molecule has 2 heterocycles. The van der Waals surface area contributed by atoms with Crippen LogP contribution in [0, 0.1) is 6.92 Å². The number of benzene rings is 2. The van der Waals surface area contributed by atoms with Crippen molar-refractivity contribution in [3.8, 4) is 11.5 Å². The van der Waals surface area contributed by atoms with Gasteiger partial charge in [-0.15, -0.1) is 0 Å². The van der Waals surface area contributed by atoms with E-state index >= 15 is 0 Å². The first-order valence-corrected chi connectivity index (χ1v) is 10.0. The average Bonchev–Trinajstić information content (AvgIpc) is 2.77. The lowest BCUT2D eigenvalue weighted by molar-refractivity contribution is 0.102. The van der Waals surface area contributed by atoms with Gasteiger partial charge in [0.2, 0.25) is 0 Å². The molecule has 2 aromatic carbocycles. The Hall–Kier alpha value is -3.34. The molecule has 1 aromatic heterocycles. The third-order valence-electron chi connectivity index (χ3n) is 5.13. The largest absolute Gasteiger partial charge is 0.457 e. The number of hydrogen-bond acceptors (Lipinski definition) is 4. The molecule has 0 unspecified atom stereocenters. The van der Waals surface area contributed by atoms with Crippen LogP contribution >= 0.6 is 0 Å². The van der Waals surface area contributed by atoms with Gasteiger partial charge in [0, 0.05) is 31.0 Å². The molecule has 29 heavy (non-hydrogen) atoms. The average molecular weight is 387 g/mol. The van der Waals surface area contributed by atoms with Gasteiger partial charge in [0.1, 0.15) is 17.3 Å². The molecule has 0 saturated carbocycles. The van der Waals surface area contributed by atoms with E-state index < -0.39 is 0 Å². The molecule has 3 aromatic rings. The smallest absolute Gasteiger partial charge is 0.257 e. The van der Waals surface area contributed by atoms with Crippen molar-refractivity contribution in [1.82, 2.24) is 4.98 Å². The normalized spacial score (nSPS) is 13.8. The van der Waals surface area contributed by atoms with Gasteiger partial charge in [-0.3, -0.25) is 4.79 Å². The lowest BCUT2D eigenvalue weighted by Gasteiger charge is -2.27. The van der Waals surface area contributed by atoms with E-state index in [0.29, 0.717) is 11.3 Å². The van der Waals surface area contributed by atoms with E-state index in [1.54, 1.807) is 6.20 Å². The number of pyridine rings is 1. The number of amides is 1. The molecule has 1 N–H and O–H groups in total. The Labute approximate surface area is 171 Å². The molecule has 1 fully saturated rings. The maximum atomic E-state index is 12.7.